The molecule has 1 amide bonds. The van der Waals surface area contributed by atoms with Crippen LogP contribution in [0.5, 0.6) is 5.75 Å². The second-order valence-corrected chi connectivity index (χ2v) is 5.40. The topological polar surface area (TPSA) is 84.7 Å². The fourth-order valence-electron chi connectivity index (χ4n) is 2.64. The molecule has 1 saturated heterocycles. The van der Waals surface area contributed by atoms with Crippen LogP contribution >= 0.6 is 12.4 Å². The summed E-state index contributed by atoms with van der Waals surface area (Å²) in [5.74, 6) is 0.608. The minimum absolute atomic E-state index is 0. The van der Waals surface area contributed by atoms with Gasteiger partial charge in [0.1, 0.15) is 0 Å². The number of nitro groups is 1. The lowest BCUT2D eigenvalue weighted by Crippen LogP contribution is -2.42. The monoisotopic (exact) mass is 343 g/mol. The van der Waals surface area contributed by atoms with Gasteiger partial charge in [-0.05, 0) is 38.4 Å². The molecule has 0 unspecified atom stereocenters. The number of hydrogen-bond donors (Lipinski definition) is 1. The van der Waals surface area contributed by atoms with Crippen LogP contribution in [0.3, 0.4) is 0 Å². The number of piperidine rings is 1. The molecule has 1 aliphatic rings. The molecule has 7 nitrogen and oxygen atoms in total. The van der Waals surface area contributed by atoms with Crippen LogP contribution in [0, 0.1) is 16.0 Å². The Labute approximate surface area is 141 Å². The highest BCUT2D eigenvalue weighted by molar-refractivity contribution is 5.85. The Balaban J connectivity index is 0.00000264. The number of amides is 1. The molecule has 0 saturated carbocycles. The molecule has 1 fully saturated rings. The number of nitro benzene ring substituents is 1. The van der Waals surface area contributed by atoms with Crippen LogP contribution in [-0.4, -0.2) is 49.0 Å². The summed E-state index contributed by atoms with van der Waals surface area (Å²) < 4.78 is 5.34. The second kappa shape index (κ2) is 9.32. The van der Waals surface area contributed by atoms with Gasteiger partial charge in [-0.3, -0.25) is 14.9 Å². The molecular weight excluding hydrogens is 322 g/mol. The van der Waals surface area contributed by atoms with E-state index in [-0.39, 0.29) is 36.4 Å². The largest absolute Gasteiger partial charge is 0.477 e. The highest BCUT2D eigenvalue weighted by atomic mass is 35.5. The number of hydrogen-bond acceptors (Lipinski definition) is 5. The van der Waals surface area contributed by atoms with Crippen molar-refractivity contribution < 1.29 is 14.5 Å². The Morgan fingerprint density at radius 1 is 1.39 bits per heavy atom. The number of benzene rings is 1. The molecule has 1 aliphatic heterocycles. The third kappa shape index (κ3) is 5.37. The van der Waals surface area contributed by atoms with Crippen molar-refractivity contribution in [2.45, 2.75) is 12.8 Å². The van der Waals surface area contributed by atoms with Crippen LogP contribution in [0.2, 0.25) is 0 Å². The van der Waals surface area contributed by atoms with Gasteiger partial charge in [-0.2, -0.15) is 0 Å². The van der Waals surface area contributed by atoms with Gasteiger partial charge in [0.15, 0.2) is 12.4 Å². The minimum atomic E-state index is -0.511. The number of carbonyl (C=O) groups excluding carboxylic acids is 1. The summed E-state index contributed by atoms with van der Waals surface area (Å²) in [6.45, 7) is 2.23. The van der Waals surface area contributed by atoms with Crippen molar-refractivity contribution in [3.63, 3.8) is 0 Å². The lowest BCUT2D eigenvalue weighted by Gasteiger charge is -2.31. The third-order valence-electron chi connectivity index (χ3n) is 3.87. The van der Waals surface area contributed by atoms with Crippen LogP contribution in [0.4, 0.5) is 5.69 Å². The van der Waals surface area contributed by atoms with Crippen LogP contribution < -0.4 is 10.1 Å². The van der Waals surface area contributed by atoms with Crippen molar-refractivity contribution in [3.05, 3.63) is 34.4 Å². The number of halogens is 1. The maximum absolute atomic E-state index is 12.1. The van der Waals surface area contributed by atoms with Gasteiger partial charge in [0, 0.05) is 19.2 Å². The van der Waals surface area contributed by atoms with Crippen LogP contribution in [-0.2, 0) is 4.79 Å². The normalized spacial score (nSPS) is 14.9. The fraction of sp³-hybridized carbons (Fsp3) is 0.533. The number of nitrogens with zero attached hydrogens (tertiary/aromatic N) is 2. The first-order valence-electron chi connectivity index (χ1n) is 7.40. The lowest BCUT2D eigenvalue weighted by molar-refractivity contribution is -0.385. The number of para-hydroxylation sites is 2. The molecule has 1 heterocycles. The molecule has 0 aliphatic carbocycles. The highest BCUT2D eigenvalue weighted by Gasteiger charge is 2.23. The first-order valence-corrected chi connectivity index (χ1v) is 7.40. The summed E-state index contributed by atoms with van der Waals surface area (Å²) >= 11 is 0. The first kappa shape index (κ1) is 19.2. The molecule has 0 aromatic heterocycles. The maximum atomic E-state index is 12.1. The van der Waals surface area contributed by atoms with Crippen molar-refractivity contribution in [2.24, 2.45) is 5.92 Å². The average Bonchev–Trinajstić information content (AvgIpc) is 2.54. The second-order valence-electron chi connectivity index (χ2n) is 5.40. The molecule has 0 radical (unpaired) electrons. The Hall–Kier alpha value is -1.86. The van der Waals surface area contributed by atoms with E-state index in [9.17, 15) is 14.9 Å². The van der Waals surface area contributed by atoms with Crippen molar-refractivity contribution in [1.82, 2.24) is 10.2 Å². The summed E-state index contributed by atoms with van der Waals surface area (Å²) in [7, 11) is 1.93. The number of rotatable bonds is 6. The summed E-state index contributed by atoms with van der Waals surface area (Å²) in [6.07, 6.45) is 1.94. The maximum Gasteiger partial charge on any atom is 0.310 e. The smallest absolute Gasteiger partial charge is 0.310 e. The predicted molar refractivity (Wildman–Crippen MR) is 89.1 cm³/mol. The van der Waals surface area contributed by atoms with Crippen LogP contribution in [0.1, 0.15) is 12.8 Å². The van der Waals surface area contributed by atoms with E-state index in [0.29, 0.717) is 19.0 Å². The third-order valence-corrected chi connectivity index (χ3v) is 3.87. The summed E-state index contributed by atoms with van der Waals surface area (Å²) in [4.78, 5) is 24.3. The molecule has 128 valence electrons. The van der Waals surface area contributed by atoms with E-state index in [2.05, 4.69) is 5.32 Å². The van der Waals surface area contributed by atoms with E-state index in [1.165, 1.54) is 12.1 Å². The number of nitrogens with one attached hydrogen (secondary N) is 1. The van der Waals surface area contributed by atoms with Gasteiger partial charge in [0.2, 0.25) is 0 Å². The van der Waals surface area contributed by atoms with Crippen molar-refractivity contribution in [1.29, 1.82) is 0 Å². The zero-order valence-corrected chi connectivity index (χ0v) is 13.9. The lowest BCUT2D eigenvalue weighted by atomic mass is 9.97. The van der Waals surface area contributed by atoms with E-state index >= 15 is 0 Å². The number of carbonyl (C=O) groups is 1. The minimum Gasteiger partial charge on any atom is -0.477 e. The summed E-state index contributed by atoms with van der Waals surface area (Å²) in [6, 6.07) is 6.09. The van der Waals surface area contributed by atoms with Gasteiger partial charge in [-0.1, -0.05) is 12.1 Å². The molecule has 2 rings (SSSR count). The van der Waals surface area contributed by atoms with Crippen LogP contribution in [0.15, 0.2) is 24.3 Å². The van der Waals surface area contributed by atoms with Crippen molar-refractivity contribution in [3.8, 4) is 5.75 Å². The van der Waals surface area contributed by atoms with E-state index < -0.39 is 4.92 Å². The summed E-state index contributed by atoms with van der Waals surface area (Å²) in [5.41, 5.74) is -0.122. The number of ether oxygens (including phenoxy) is 1. The van der Waals surface area contributed by atoms with Gasteiger partial charge < -0.3 is 15.0 Å². The molecule has 0 bridgehead atoms. The Morgan fingerprint density at radius 2 is 2.04 bits per heavy atom. The highest BCUT2D eigenvalue weighted by Crippen LogP contribution is 2.26. The molecule has 1 aromatic carbocycles. The SMILES string of the molecule is CNCC1CCN(C(=O)COc2ccccc2[N+](=O)[O-])CC1.Cl. The Morgan fingerprint density at radius 3 is 2.65 bits per heavy atom. The average molecular weight is 344 g/mol. The standard InChI is InChI=1S/C15H21N3O4.ClH/c1-16-10-12-6-8-17(9-7-12)15(19)11-22-14-5-3-2-4-13(14)18(20)21;/h2-5,12,16H,6-11H2,1H3;1H. The fourth-order valence-corrected chi connectivity index (χ4v) is 2.64. The van der Waals surface area contributed by atoms with Gasteiger partial charge in [0.25, 0.3) is 5.91 Å². The zero-order chi connectivity index (χ0) is 15.9. The molecular formula is C15H22ClN3O4. The van der Waals surface area contributed by atoms with Crippen LogP contribution in [0.25, 0.3) is 0 Å². The van der Waals surface area contributed by atoms with Gasteiger partial charge in [-0.15, -0.1) is 12.4 Å². The van der Waals surface area contributed by atoms with Crippen molar-refractivity contribution >= 4 is 24.0 Å². The number of likely N-dealkylation sites (tertiary alicyclic amines) is 1. The van der Waals surface area contributed by atoms with Gasteiger partial charge in [0.05, 0.1) is 4.92 Å². The molecule has 1 aromatic rings. The molecule has 8 heteroatoms. The Bertz CT molecular complexity index is 533. The van der Waals surface area contributed by atoms with E-state index in [1.807, 2.05) is 7.05 Å². The zero-order valence-electron chi connectivity index (χ0n) is 13.1. The van der Waals surface area contributed by atoms with Gasteiger partial charge in [-0.25, -0.2) is 0 Å². The molecule has 0 atom stereocenters. The predicted octanol–water partition coefficient (Wildman–Crippen LogP) is 1.85. The quantitative estimate of drug-likeness (QED) is 0.629. The van der Waals surface area contributed by atoms with E-state index in [1.54, 1.807) is 17.0 Å². The van der Waals surface area contributed by atoms with Gasteiger partial charge >= 0.3 is 5.69 Å². The molecule has 23 heavy (non-hydrogen) atoms. The Kier molecular flexibility index (Phi) is 7.77. The van der Waals surface area contributed by atoms with Crippen molar-refractivity contribution in [2.75, 3.05) is 33.3 Å². The van der Waals surface area contributed by atoms with E-state index in [0.717, 1.165) is 19.4 Å². The van der Waals surface area contributed by atoms with E-state index in [4.69, 9.17) is 4.74 Å². The summed E-state index contributed by atoms with van der Waals surface area (Å²) in [5, 5.41) is 14.0. The first-order chi connectivity index (χ1) is 10.6. The molecule has 0 spiro atoms. The molecule has 1 N–H and O–H groups in total.